The number of anilines is 2. The van der Waals surface area contributed by atoms with Gasteiger partial charge in [0, 0.05) is 55.3 Å². The van der Waals surface area contributed by atoms with E-state index >= 15 is 0 Å². The van der Waals surface area contributed by atoms with Gasteiger partial charge >= 0.3 is 11.7 Å². The molecule has 1 fully saturated rings. The van der Waals surface area contributed by atoms with E-state index in [0.717, 1.165) is 67.7 Å². The van der Waals surface area contributed by atoms with E-state index in [1.807, 2.05) is 36.4 Å². The van der Waals surface area contributed by atoms with E-state index in [0.29, 0.717) is 23.3 Å². The number of pyridine rings is 2. The Kier molecular flexibility index (Phi) is 13.9. The van der Waals surface area contributed by atoms with Crippen molar-refractivity contribution in [1.29, 1.82) is 0 Å². The number of urea groups is 1. The Morgan fingerprint density at radius 1 is 0.912 bits per heavy atom. The fourth-order valence-electron chi connectivity index (χ4n) is 6.95. The van der Waals surface area contributed by atoms with E-state index in [9.17, 15) is 28.7 Å². The summed E-state index contributed by atoms with van der Waals surface area (Å²) in [6.07, 6.45) is 12.2. The van der Waals surface area contributed by atoms with Crippen LogP contribution >= 0.6 is 0 Å². The van der Waals surface area contributed by atoms with Crippen LogP contribution in [-0.4, -0.2) is 48.6 Å². The van der Waals surface area contributed by atoms with Gasteiger partial charge in [0.2, 0.25) is 17.8 Å². The van der Waals surface area contributed by atoms with Crippen LogP contribution in [0.25, 0.3) is 11.0 Å². The number of benzene rings is 2. The molecule has 5 N–H and O–H groups in total. The number of imide groups is 1. The first-order valence-corrected chi connectivity index (χ1v) is 19.3. The number of aliphatic hydroxyl groups excluding tert-OH is 1. The van der Waals surface area contributed by atoms with Crippen LogP contribution in [-0.2, 0) is 36.2 Å². The predicted octanol–water partition coefficient (Wildman–Crippen LogP) is 5.85. The number of hydrogen-bond donors (Lipinski definition) is 5. The molecule has 5 aromatic rings. The van der Waals surface area contributed by atoms with Crippen LogP contribution < -0.4 is 27.0 Å². The van der Waals surface area contributed by atoms with Crippen molar-refractivity contribution >= 4 is 40.3 Å². The third-order valence-electron chi connectivity index (χ3n) is 9.97. The number of hydrogen-bond acceptors (Lipinski definition) is 8. The highest BCUT2D eigenvalue weighted by Crippen LogP contribution is 2.24. The number of carbonyl (C=O) groups excluding carboxylic acids is 3. The average Bonchev–Trinajstić information content (AvgIpc) is 3.44. The van der Waals surface area contributed by atoms with Crippen molar-refractivity contribution in [3.63, 3.8) is 0 Å². The lowest BCUT2D eigenvalue weighted by molar-refractivity contribution is -0.135. The molecule has 4 heterocycles. The lowest BCUT2D eigenvalue weighted by Crippen LogP contribution is -2.44. The van der Waals surface area contributed by atoms with Crippen LogP contribution in [0.15, 0.2) is 77.9 Å². The van der Waals surface area contributed by atoms with Gasteiger partial charge in [-0.2, -0.15) is 4.39 Å². The number of aliphatic hydroxyl groups is 1. The van der Waals surface area contributed by atoms with Crippen molar-refractivity contribution in [3.8, 4) is 11.8 Å². The number of rotatable bonds is 16. The summed E-state index contributed by atoms with van der Waals surface area (Å²) in [5, 5.41) is 20.5. The van der Waals surface area contributed by atoms with Gasteiger partial charge in [-0.3, -0.25) is 24.0 Å². The topological polar surface area (TPSA) is 172 Å². The second-order valence-electron chi connectivity index (χ2n) is 14.2. The Morgan fingerprint density at radius 2 is 1.72 bits per heavy atom. The second-order valence-corrected chi connectivity index (χ2v) is 14.2. The number of imidazole rings is 1. The maximum atomic E-state index is 13.5. The summed E-state index contributed by atoms with van der Waals surface area (Å²) in [7, 11) is 1.72. The van der Waals surface area contributed by atoms with Gasteiger partial charge in [0.05, 0.1) is 23.3 Å². The van der Waals surface area contributed by atoms with E-state index in [-0.39, 0.29) is 29.3 Å². The van der Waals surface area contributed by atoms with Crippen molar-refractivity contribution in [1.82, 2.24) is 29.7 Å². The van der Waals surface area contributed by atoms with Gasteiger partial charge in [-0.15, -0.1) is 0 Å². The fourth-order valence-corrected chi connectivity index (χ4v) is 6.95. The Hall–Kier alpha value is -6.17. The first kappa shape index (κ1) is 40.5. The molecular weight excluding hydrogens is 728 g/mol. The Bertz CT molecular complexity index is 2360. The van der Waals surface area contributed by atoms with Crippen LogP contribution in [0.1, 0.15) is 91.8 Å². The highest BCUT2D eigenvalue weighted by molar-refractivity contribution is 6.00. The molecule has 13 nitrogen and oxygen atoms in total. The lowest BCUT2D eigenvalue weighted by atomic mass is 10.0. The van der Waals surface area contributed by atoms with Crippen molar-refractivity contribution in [3.05, 3.63) is 117 Å². The van der Waals surface area contributed by atoms with E-state index in [2.05, 4.69) is 49.1 Å². The molecule has 0 saturated carbocycles. The SMILES string of the molecule is Cn1c(=O)n(C2CCC(=O)NC2=O)c2ccc(CCCCCCCCCNCc3cccc(C#Cc4cc(NC(=O)Nc5cc(F)ncc5CO)ccn4)c3)cc21. The number of aryl methyl sites for hydroxylation is 2. The fraction of sp³-hybridized carbons (Fsp3) is 0.349. The molecule has 0 aliphatic carbocycles. The molecule has 1 unspecified atom stereocenters. The minimum absolute atomic E-state index is 0.123. The van der Waals surface area contributed by atoms with Crippen LogP contribution in [0.2, 0.25) is 0 Å². The molecule has 4 amide bonds. The molecule has 0 bridgehead atoms. The van der Waals surface area contributed by atoms with Crippen molar-refractivity contribution in [2.24, 2.45) is 7.05 Å². The molecule has 2 aromatic carbocycles. The quantitative estimate of drug-likeness (QED) is 0.0360. The maximum absolute atomic E-state index is 13.5. The zero-order valence-corrected chi connectivity index (χ0v) is 31.9. The van der Waals surface area contributed by atoms with E-state index in [1.54, 1.807) is 23.7 Å². The smallest absolute Gasteiger partial charge is 0.329 e. The summed E-state index contributed by atoms with van der Waals surface area (Å²) in [5.74, 6) is 4.69. The molecular formula is C43H47FN8O5. The van der Waals surface area contributed by atoms with Crippen molar-refractivity contribution in [2.75, 3.05) is 17.2 Å². The van der Waals surface area contributed by atoms with E-state index < -0.39 is 30.5 Å². The van der Waals surface area contributed by atoms with Gasteiger partial charge in [0.1, 0.15) is 11.7 Å². The van der Waals surface area contributed by atoms with E-state index in [4.69, 9.17) is 0 Å². The summed E-state index contributed by atoms with van der Waals surface area (Å²) in [6.45, 7) is 1.27. The normalized spacial score (nSPS) is 13.9. The highest BCUT2D eigenvalue weighted by Gasteiger charge is 2.31. The molecule has 1 aliphatic rings. The van der Waals surface area contributed by atoms with Crippen LogP contribution in [0, 0.1) is 17.8 Å². The number of carbonyl (C=O) groups is 3. The zero-order valence-electron chi connectivity index (χ0n) is 31.9. The molecule has 57 heavy (non-hydrogen) atoms. The molecule has 3 aromatic heterocycles. The van der Waals surface area contributed by atoms with Crippen LogP contribution in [0.4, 0.5) is 20.6 Å². The molecule has 1 aliphatic heterocycles. The highest BCUT2D eigenvalue weighted by atomic mass is 19.1. The second kappa shape index (κ2) is 19.6. The van der Waals surface area contributed by atoms with Gasteiger partial charge in [0.15, 0.2) is 0 Å². The summed E-state index contributed by atoms with van der Waals surface area (Å²) < 4.78 is 16.6. The van der Waals surface area contributed by atoms with Gasteiger partial charge in [-0.05, 0) is 85.7 Å². The number of nitrogens with zero attached hydrogens (tertiary/aromatic N) is 4. The predicted molar refractivity (Wildman–Crippen MR) is 216 cm³/mol. The average molecular weight is 775 g/mol. The van der Waals surface area contributed by atoms with Crippen molar-refractivity contribution in [2.45, 2.75) is 83.4 Å². The first-order valence-electron chi connectivity index (χ1n) is 19.3. The Labute approximate surface area is 330 Å². The molecule has 6 rings (SSSR count). The van der Waals surface area contributed by atoms with E-state index in [1.165, 1.54) is 42.0 Å². The minimum atomic E-state index is -0.774. The monoisotopic (exact) mass is 774 g/mol. The number of amides is 4. The Balaban J connectivity index is 0.857. The van der Waals surface area contributed by atoms with Gasteiger partial charge in [-0.25, -0.2) is 19.6 Å². The molecule has 14 heteroatoms. The third-order valence-corrected chi connectivity index (χ3v) is 9.97. The standard InChI is InChI=1S/C43H47FN8O5/c1-51-38-23-30(14-16-36(38)52(43(51)57)37-17-18-40(54)50-41(37)55)10-7-5-3-2-4-6-8-20-45-26-31-12-9-11-29(22-31)13-15-33-24-34(19-21-46-33)48-42(56)49-35-25-39(44)47-27-32(35)28-53/h9,11-12,14,16,19,21-25,27,37,45,53H,2-8,10,17-18,20,26,28H2,1H3,(H,50,54,55)(H2,46,47,48,49,56). The summed E-state index contributed by atoms with van der Waals surface area (Å²) in [6, 6.07) is 17.0. The van der Waals surface area contributed by atoms with Gasteiger partial charge in [0.25, 0.3) is 0 Å². The van der Waals surface area contributed by atoms with Gasteiger partial charge < -0.3 is 21.1 Å². The van der Waals surface area contributed by atoms with Gasteiger partial charge in [-0.1, -0.05) is 56.2 Å². The third kappa shape index (κ3) is 11.0. The molecule has 1 atom stereocenters. The Morgan fingerprint density at radius 3 is 2.53 bits per heavy atom. The summed E-state index contributed by atoms with van der Waals surface area (Å²) >= 11 is 0. The van der Waals surface area contributed by atoms with Crippen molar-refractivity contribution < 1.29 is 23.9 Å². The number of fused-ring (bicyclic) bond motifs is 1. The molecule has 0 spiro atoms. The van der Waals surface area contributed by atoms with Crippen LogP contribution in [0.5, 0.6) is 0 Å². The zero-order chi connectivity index (χ0) is 40.1. The number of halogens is 1. The number of piperidine rings is 1. The molecule has 296 valence electrons. The largest absolute Gasteiger partial charge is 0.392 e. The first-order chi connectivity index (χ1) is 27.7. The number of unbranched alkanes of at least 4 members (excludes halogenated alkanes) is 6. The summed E-state index contributed by atoms with van der Waals surface area (Å²) in [4.78, 5) is 57.3. The molecule has 1 saturated heterocycles. The summed E-state index contributed by atoms with van der Waals surface area (Å²) in [5.41, 5.74) is 5.75. The lowest BCUT2D eigenvalue weighted by Gasteiger charge is -2.21. The molecule has 0 radical (unpaired) electrons. The number of nitrogens with one attached hydrogen (secondary N) is 4. The minimum Gasteiger partial charge on any atom is -0.392 e. The van der Waals surface area contributed by atoms with Crippen LogP contribution in [0.3, 0.4) is 0 Å². The maximum Gasteiger partial charge on any atom is 0.329 e. The number of aromatic nitrogens is 4.